The number of amides is 13. The number of nitrogens with one attached hydrogen (secondary N) is 12. The molecule has 1 aromatic carbocycles. The maximum atomic E-state index is 15.0. The van der Waals surface area contributed by atoms with Gasteiger partial charge in [0.1, 0.15) is 84.3 Å². The summed E-state index contributed by atoms with van der Waals surface area (Å²) in [5.74, 6) is -15.1. The summed E-state index contributed by atoms with van der Waals surface area (Å²) in [6.07, 6.45) is 1.02. The Hall–Kier alpha value is -8.54. The second-order valence-corrected chi connectivity index (χ2v) is 30.2. The molecule has 13 amide bonds. The van der Waals surface area contributed by atoms with Crippen LogP contribution in [0.4, 0.5) is 0 Å². The van der Waals surface area contributed by atoms with Crippen molar-refractivity contribution in [2.24, 2.45) is 53.1 Å². The predicted molar refractivity (Wildman–Crippen MR) is 395 cm³/mol. The van der Waals surface area contributed by atoms with Crippen LogP contribution in [0.1, 0.15) is 195 Å². The molecule has 105 heavy (non-hydrogen) atoms. The molecule has 30 heteroatoms. The summed E-state index contributed by atoms with van der Waals surface area (Å²) in [4.78, 5) is 202. The van der Waals surface area contributed by atoms with Crippen molar-refractivity contribution < 1.29 is 77.0 Å². The molecule has 0 aromatic heterocycles. The van der Waals surface area contributed by atoms with Crippen LogP contribution in [0.2, 0.25) is 0 Å². The zero-order valence-electron chi connectivity index (χ0n) is 65.2. The van der Waals surface area contributed by atoms with Crippen molar-refractivity contribution in [3.8, 4) is 0 Å². The van der Waals surface area contributed by atoms with Gasteiger partial charge in [0.2, 0.25) is 70.9 Å². The zero-order valence-corrected chi connectivity index (χ0v) is 65.2. The molecule has 2 aliphatic heterocycles. The van der Waals surface area contributed by atoms with Crippen molar-refractivity contribution in [3.05, 3.63) is 47.7 Å². The first-order valence-corrected chi connectivity index (χ1v) is 37.5. The molecule has 2 heterocycles. The van der Waals surface area contributed by atoms with Crippen LogP contribution in [0.25, 0.3) is 0 Å². The molecular formula is C75H124N14O16. The fraction of sp³-hybridized carbons (Fsp3) is 0.707. The van der Waals surface area contributed by atoms with Crippen LogP contribution >= 0.6 is 0 Å². The third-order valence-electron chi connectivity index (χ3n) is 19.3. The topological polar surface area (TPSA) is 442 Å². The molecule has 1 aromatic rings. The van der Waals surface area contributed by atoms with Crippen molar-refractivity contribution in [2.75, 3.05) is 13.1 Å². The van der Waals surface area contributed by atoms with Gasteiger partial charge in [-0.2, -0.15) is 0 Å². The van der Waals surface area contributed by atoms with Crippen LogP contribution in [0.5, 0.6) is 0 Å². The molecule has 2 aliphatic rings. The van der Waals surface area contributed by atoms with Crippen molar-refractivity contribution in [3.63, 3.8) is 0 Å². The average molecular weight is 1480 g/mol. The fourth-order valence-electron chi connectivity index (χ4n) is 12.1. The minimum atomic E-state index is -1.83. The van der Waals surface area contributed by atoms with E-state index in [0.717, 1.165) is 6.42 Å². The van der Waals surface area contributed by atoms with Gasteiger partial charge in [-0.1, -0.05) is 166 Å². The number of aliphatic hydroxyl groups is 1. The normalized spacial score (nSPS) is 22.6. The maximum absolute atomic E-state index is 15.0. The van der Waals surface area contributed by atoms with E-state index in [-0.39, 0.29) is 63.2 Å². The first kappa shape index (κ1) is 90.7. The van der Waals surface area contributed by atoms with E-state index in [1.807, 2.05) is 13.8 Å². The third-order valence-corrected chi connectivity index (χ3v) is 19.3. The molecule has 0 radical (unpaired) electrons. The number of aliphatic hydroxyl groups excluding tert-OH is 1. The van der Waals surface area contributed by atoms with E-state index in [2.05, 4.69) is 63.8 Å². The van der Waals surface area contributed by atoms with Gasteiger partial charge in [0.15, 0.2) is 0 Å². The number of esters is 1. The molecule has 0 unspecified atom stereocenters. The van der Waals surface area contributed by atoms with Crippen molar-refractivity contribution >= 4 is 82.8 Å². The van der Waals surface area contributed by atoms with E-state index in [1.165, 1.54) is 31.7 Å². The number of nitrogens with two attached hydrogens (primary N) is 1. The van der Waals surface area contributed by atoms with E-state index < -0.39 is 203 Å². The zero-order chi connectivity index (χ0) is 79.4. The lowest BCUT2D eigenvalue weighted by Gasteiger charge is -2.33. The Morgan fingerprint density at radius 2 is 1.15 bits per heavy atom. The highest BCUT2D eigenvalue weighted by Gasteiger charge is 2.44. The van der Waals surface area contributed by atoms with Crippen LogP contribution in [0.15, 0.2) is 42.1 Å². The van der Waals surface area contributed by atoms with Gasteiger partial charge in [-0.25, -0.2) is 4.79 Å². The Morgan fingerprint density at radius 1 is 0.610 bits per heavy atom. The number of benzene rings is 1. The summed E-state index contributed by atoms with van der Waals surface area (Å²) in [6.45, 7) is 31.8. The quantitative estimate of drug-likeness (QED) is 0.0353. The van der Waals surface area contributed by atoms with E-state index in [9.17, 15) is 62.6 Å². The van der Waals surface area contributed by atoms with Gasteiger partial charge in [0.05, 0.1) is 6.10 Å². The van der Waals surface area contributed by atoms with Gasteiger partial charge < -0.3 is 84.3 Å². The molecule has 3 rings (SSSR count). The van der Waals surface area contributed by atoms with E-state index in [1.54, 1.807) is 127 Å². The lowest BCUT2D eigenvalue weighted by Crippen LogP contribution is -2.64. The van der Waals surface area contributed by atoms with Gasteiger partial charge in [-0.3, -0.25) is 62.3 Å². The van der Waals surface area contributed by atoms with Crippen molar-refractivity contribution in [1.29, 1.82) is 0 Å². The molecule has 16 atom stereocenters. The van der Waals surface area contributed by atoms with Gasteiger partial charge >= 0.3 is 5.97 Å². The number of rotatable bonds is 33. The van der Waals surface area contributed by atoms with E-state index in [0.29, 0.717) is 30.7 Å². The smallest absolute Gasteiger partial charge is 0.329 e. The van der Waals surface area contributed by atoms with Gasteiger partial charge in [-0.05, 0) is 112 Å². The Balaban J connectivity index is 2.00. The Kier molecular flexibility index (Phi) is 37.8. The summed E-state index contributed by atoms with van der Waals surface area (Å²) in [5.41, 5.74) is 6.34. The number of allylic oxidation sites excluding steroid dienone is 1. The lowest BCUT2D eigenvalue weighted by molar-refractivity contribution is -0.157. The van der Waals surface area contributed by atoms with Crippen LogP contribution in [-0.2, 0) is 78.3 Å². The molecule has 0 aliphatic carbocycles. The number of likely N-dealkylation sites (tertiary alicyclic amines) is 1. The average Bonchev–Trinajstić information content (AvgIpc) is 1.79. The number of carbonyl (C=O) groups excluding carboxylic acids is 14. The summed E-state index contributed by atoms with van der Waals surface area (Å²) in [7, 11) is 0. The van der Waals surface area contributed by atoms with Gasteiger partial charge in [0.25, 0.3) is 5.91 Å². The molecule has 2 saturated heterocycles. The Labute approximate surface area is 620 Å². The first-order chi connectivity index (χ1) is 49.2. The van der Waals surface area contributed by atoms with Crippen LogP contribution in [0.3, 0.4) is 0 Å². The lowest BCUT2D eigenvalue weighted by atomic mass is 9.95. The predicted octanol–water partition coefficient (Wildman–Crippen LogP) is 1.84. The van der Waals surface area contributed by atoms with Crippen LogP contribution < -0.4 is 69.5 Å². The summed E-state index contributed by atoms with van der Waals surface area (Å²) < 4.78 is 5.96. The molecular weight excluding hydrogens is 1350 g/mol. The standard InChI is InChI=1S/C75H124N14O16/c1-20-44(16)59(71(100)88-62-47(19)105-75(104)58(43(14)15)84-63(92)49(22-3)77-65(94)51(37-48-30-24-23-25-31-48)79-67(96)55(40(8)9)81-70(99)60(45(17)21-2)86-73(62)102)85-64(93)50(32-27-35-76)78-66(95)52-33-28-36-89(52)74(103)57(42(12)13)83-69(98)56(41(10)11)82-72(101)61(46(18)90)87-68(97)54(39(6)7)80-53(91)34-26-29-38(4)5/h22-25,30-31,38-47,50-52,54-62,90H,20-21,26-29,32-37,76H2,1-19H3,(H,77,94)(H,78,95)(H,79,96)(H,80,91)(H,81,99)(H,82,101)(H,83,98)(H,84,92)(H,85,93)(H,86,102)(H,87,97)(H,88,100)/b49-22-/t44-,45-,46+,47+,50-,51-,52+,54+,55+,56-,57+,58-,59+,60+,61-,62-/m0/s1. The summed E-state index contributed by atoms with van der Waals surface area (Å²) >= 11 is 0. The van der Waals surface area contributed by atoms with E-state index in [4.69, 9.17) is 10.5 Å². The van der Waals surface area contributed by atoms with Crippen molar-refractivity contribution in [1.82, 2.24) is 68.7 Å². The van der Waals surface area contributed by atoms with Gasteiger partial charge in [0, 0.05) is 19.4 Å². The van der Waals surface area contributed by atoms with Gasteiger partial charge in [-0.15, -0.1) is 0 Å². The van der Waals surface area contributed by atoms with Crippen LogP contribution in [-0.4, -0.2) is 191 Å². The highest BCUT2D eigenvalue weighted by molar-refractivity contribution is 6.03. The molecule has 0 saturated carbocycles. The number of cyclic esters (lactones) is 1. The minimum Gasteiger partial charge on any atom is -0.458 e. The van der Waals surface area contributed by atoms with Crippen molar-refractivity contribution in [2.45, 2.75) is 280 Å². The molecule has 0 bridgehead atoms. The third kappa shape index (κ3) is 27.7. The maximum Gasteiger partial charge on any atom is 0.329 e. The highest BCUT2D eigenvalue weighted by atomic mass is 16.5. The first-order valence-electron chi connectivity index (χ1n) is 37.5. The molecule has 30 nitrogen and oxygen atoms in total. The Morgan fingerprint density at radius 3 is 1.69 bits per heavy atom. The summed E-state index contributed by atoms with van der Waals surface area (Å²) in [5, 5.41) is 43.2. The number of carbonyl (C=O) groups is 14. The second kappa shape index (κ2) is 43.8. The number of ether oxygens (including phenoxy) is 1. The Bertz CT molecular complexity index is 3160. The SMILES string of the molecule is C/C=C1\NC(=O)[C@H](Cc2ccccc2)NC(=O)[C@@H](C(C)C)NC(=O)[C@@H]([C@@H](C)CC)NC(=O)[C@@H](NC(=O)[C@H](NC(=O)[C@H](CCCN)NC(=O)[C@H]2CCCN2C(=O)[C@H](NC(=O)[C@@H](NC(=O)[C@@H](NC(=O)[C@H](NC(=O)CCCC(C)C)C(C)C)[C@@H](C)O)C(C)C)C(C)C)[C@@H](C)CC)[C@@H](C)OC(=O)[C@H](C(C)C)NC1=O. The number of hydrogen-bond acceptors (Lipinski definition) is 17. The summed E-state index contributed by atoms with van der Waals surface area (Å²) in [6, 6.07) is -7.67. The monoisotopic (exact) mass is 1480 g/mol. The molecule has 0 spiro atoms. The highest BCUT2D eigenvalue weighted by Crippen LogP contribution is 2.23. The molecule has 2 fully saturated rings. The molecule has 590 valence electrons. The minimum absolute atomic E-state index is 0.0355. The number of hydrogen-bond donors (Lipinski definition) is 14. The second-order valence-electron chi connectivity index (χ2n) is 30.2. The fourth-order valence-corrected chi connectivity index (χ4v) is 12.1. The van der Waals surface area contributed by atoms with Crippen LogP contribution in [0, 0.1) is 47.3 Å². The van der Waals surface area contributed by atoms with E-state index >= 15 is 9.59 Å². The largest absolute Gasteiger partial charge is 0.458 e. The number of nitrogens with zero attached hydrogens (tertiary/aromatic N) is 1. The molecule has 15 N–H and O–H groups in total.